The van der Waals surface area contributed by atoms with Gasteiger partial charge in [-0.15, -0.1) is 0 Å². The summed E-state index contributed by atoms with van der Waals surface area (Å²) < 4.78 is 12.5. The number of imidazole rings is 1. The number of carbonyl (C=O) groups excluding carboxylic acids is 1. The van der Waals surface area contributed by atoms with Gasteiger partial charge in [-0.05, 0) is 12.1 Å². The van der Waals surface area contributed by atoms with Crippen LogP contribution in [-0.2, 0) is 7.05 Å². The van der Waals surface area contributed by atoms with E-state index in [2.05, 4.69) is 9.88 Å². The van der Waals surface area contributed by atoms with Gasteiger partial charge < -0.3 is 23.8 Å². The molecule has 3 rings (SSSR count). The van der Waals surface area contributed by atoms with Gasteiger partial charge in [0.15, 0.2) is 0 Å². The van der Waals surface area contributed by atoms with Crippen LogP contribution in [0.4, 0.5) is 5.95 Å². The fraction of sp³-hybridized carbons (Fsp3) is 0.412. The Morgan fingerprint density at radius 1 is 1.04 bits per heavy atom. The maximum absolute atomic E-state index is 12.8. The fourth-order valence-corrected chi connectivity index (χ4v) is 2.89. The second kappa shape index (κ2) is 6.82. The average molecular weight is 330 g/mol. The number of anilines is 1. The first kappa shape index (κ1) is 16.2. The van der Waals surface area contributed by atoms with Crippen LogP contribution in [0, 0.1) is 0 Å². The third-order valence-electron chi connectivity index (χ3n) is 4.24. The summed E-state index contributed by atoms with van der Waals surface area (Å²) in [7, 11) is 5.13. The van der Waals surface area contributed by atoms with Crippen molar-refractivity contribution in [3.05, 3.63) is 36.2 Å². The predicted octanol–water partition coefficient (Wildman–Crippen LogP) is 1.40. The number of aryl methyl sites for hydroxylation is 1. The minimum Gasteiger partial charge on any atom is -0.497 e. The lowest BCUT2D eigenvalue weighted by Crippen LogP contribution is -2.49. The van der Waals surface area contributed by atoms with Crippen molar-refractivity contribution in [3.8, 4) is 11.5 Å². The monoisotopic (exact) mass is 330 g/mol. The first-order valence-electron chi connectivity index (χ1n) is 7.87. The number of nitrogens with zero attached hydrogens (tertiary/aromatic N) is 4. The van der Waals surface area contributed by atoms with Gasteiger partial charge in [0.1, 0.15) is 11.5 Å². The van der Waals surface area contributed by atoms with Crippen LogP contribution in [0.3, 0.4) is 0 Å². The van der Waals surface area contributed by atoms with Crippen molar-refractivity contribution in [1.29, 1.82) is 0 Å². The summed E-state index contributed by atoms with van der Waals surface area (Å²) >= 11 is 0. The van der Waals surface area contributed by atoms with Crippen molar-refractivity contribution < 1.29 is 14.3 Å². The molecule has 0 unspecified atom stereocenters. The van der Waals surface area contributed by atoms with Crippen molar-refractivity contribution in [1.82, 2.24) is 14.5 Å². The minimum absolute atomic E-state index is 0.00769. The summed E-state index contributed by atoms with van der Waals surface area (Å²) in [5, 5.41) is 0. The zero-order chi connectivity index (χ0) is 17.1. The lowest BCUT2D eigenvalue weighted by molar-refractivity contribution is 0.0745. The van der Waals surface area contributed by atoms with E-state index in [0.717, 1.165) is 19.0 Å². The predicted molar refractivity (Wildman–Crippen MR) is 90.9 cm³/mol. The van der Waals surface area contributed by atoms with Crippen LogP contribution in [0.5, 0.6) is 11.5 Å². The Kier molecular flexibility index (Phi) is 4.59. The molecule has 0 saturated carbocycles. The van der Waals surface area contributed by atoms with Gasteiger partial charge in [0.2, 0.25) is 5.95 Å². The summed E-state index contributed by atoms with van der Waals surface area (Å²) in [6.45, 7) is 2.84. The van der Waals surface area contributed by atoms with Crippen LogP contribution < -0.4 is 14.4 Å². The smallest absolute Gasteiger partial charge is 0.254 e. The van der Waals surface area contributed by atoms with Gasteiger partial charge in [-0.3, -0.25) is 4.79 Å². The molecule has 1 aliphatic rings. The van der Waals surface area contributed by atoms with Crippen molar-refractivity contribution in [3.63, 3.8) is 0 Å². The minimum atomic E-state index is -0.00769. The van der Waals surface area contributed by atoms with Crippen LogP contribution in [0.1, 0.15) is 10.4 Å². The van der Waals surface area contributed by atoms with Crippen LogP contribution in [-0.4, -0.2) is 60.8 Å². The third-order valence-corrected chi connectivity index (χ3v) is 4.24. The van der Waals surface area contributed by atoms with Gasteiger partial charge in [0.25, 0.3) is 5.91 Å². The molecule has 7 heteroatoms. The van der Waals surface area contributed by atoms with Gasteiger partial charge in [-0.1, -0.05) is 0 Å². The third kappa shape index (κ3) is 3.15. The molecule has 1 amide bonds. The highest BCUT2D eigenvalue weighted by molar-refractivity contribution is 5.95. The number of aromatic nitrogens is 2. The van der Waals surface area contributed by atoms with Gasteiger partial charge in [-0.25, -0.2) is 4.98 Å². The van der Waals surface area contributed by atoms with Crippen molar-refractivity contribution >= 4 is 11.9 Å². The molecule has 0 N–H and O–H groups in total. The van der Waals surface area contributed by atoms with Crippen LogP contribution in [0.25, 0.3) is 0 Å². The van der Waals surface area contributed by atoms with Crippen molar-refractivity contribution in [2.24, 2.45) is 7.05 Å². The van der Waals surface area contributed by atoms with E-state index < -0.39 is 0 Å². The van der Waals surface area contributed by atoms with Gasteiger partial charge in [0, 0.05) is 57.3 Å². The van der Waals surface area contributed by atoms with E-state index in [1.807, 2.05) is 22.7 Å². The molecule has 7 nitrogen and oxygen atoms in total. The molecule has 1 fully saturated rings. The Balaban J connectivity index is 1.70. The normalized spacial score (nSPS) is 14.6. The van der Waals surface area contributed by atoms with Crippen molar-refractivity contribution in [2.45, 2.75) is 0 Å². The topological polar surface area (TPSA) is 59.8 Å². The fourth-order valence-electron chi connectivity index (χ4n) is 2.89. The number of hydrogen-bond donors (Lipinski definition) is 0. The lowest BCUT2D eigenvalue weighted by atomic mass is 10.1. The number of amides is 1. The molecule has 128 valence electrons. The van der Waals surface area contributed by atoms with Crippen LogP contribution in [0.15, 0.2) is 30.6 Å². The molecule has 2 aromatic rings. The Morgan fingerprint density at radius 2 is 1.67 bits per heavy atom. The largest absolute Gasteiger partial charge is 0.497 e. The molecular formula is C17H22N4O3. The first-order chi connectivity index (χ1) is 11.6. The summed E-state index contributed by atoms with van der Waals surface area (Å²) in [6, 6.07) is 5.25. The van der Waals surface area contributed by atoms with E-state index in [1.165, 1.54) is 0 Å². The zero-order valence-electron chi connectivity index (χ0n) is 14.2. The van der Waals surface area contributed by atoms with E-state index in [1.54, 1.807) is 38.6 Å². The molecule has 1 aromatic carbocycles. The quantitative estimate of drug-likeness (QED) is 0.848. The van der Waals surface area contributed by atoms with Gasteiger partial charge in [-0.2, -0.15) is 0 Å². The highest BCUT2D eigenvalue weighted by Gasteiger charge is 2.24. The van der Waals surface area contributed by atoms with E-state index in [9.17, 15) is 4.79 Å². The summed E-state index contributed by atoms with van der Waals surface area (Å²) in [4.78, 5) is 21.2. The van der Waals surface area contributed by atoms with Gasteiger partial charge in [0.05, 0.1) is 14.2 Å². The standard InChI is InChI=1S/C17H22N4O3/c1-19-5-4-18-17(19)21-8-6-20(7-9-21)16(22)13-10-14(23-2)12-15(11-13)24-3/h4-5,10-12H,6-9H2,1-3H3. The van der Waals surface area contributed by atoms with E-state index >= 15 is 0 Å². The Hall–Kier alpha value is -2.70. The molecule has 0 aliphatic carbocycles. The molecule has 0 bridgehead atoms. The molecule has 0 spiro atoms. The number of methoxy groups -OCH3 is 2. The number of piperazine rings is 1. The average Bonchev–Trinajstić information content (AvgIpc) is 3.06. The second-order valence-electron chi connectivity index (χ2n) is 5.72. The summed E-state index contributed by atoms with van der Waals surface area (Å²) in [5.74, 6) is 2.16. The zero-order valence-corrected chi connectivity index (χ0v) is 14.2. The lowest BCUT2D eigenvalue weighted by Gasteiger charge is -2.35. The van der Waals surface area contributed by atoms with Crippen molar-refractivity contribution in [2.75, 3.05) is 45.3 Å². The molecule has 1 saturated heterocycles. The van der Waals surface area contributed by atoms with E-state index in [4.69, 9.17) is 9.47 Å². The van der Waals surface area contributed by atoms with E-state index in [-0.39, 0.29) is 5.91 Å². The molecule has 0 atom stereocenters. The number of benzene rings is 1. The highest BCUT2D eigenvalue weighted by atomic mass is 16.5. The van der Waals surface area contributed by atoms with E-state index in [0.29, 0.717) is 30.2 Å². The molecule has 1 aromatic heterocycles. The van der Waals surface area contributed by atoms with Crippen LogP contribution >= 0.6 is 0 Å². The SMILES string of the molecule is COc1cc(OC)cc(C(=O)N2CCN(c3nccn3C)CC2)c1. The van der Waals surface area contributed by atoms with Gasteiger partial charge >= 0.3 is 0 Å². The Bertz CT molecular complexity index is 698. The second-order valence-corrected chi connectivity index (χ2v) is 5.72. The Morgan fingerprint density at radius 3 is 2.17 bits per heavy atom. The maximum atomic E-state index is 12.8. The van der Waals surface area contributed by atoms with Crippen LogP contribution in [0.2, 0.25) is 0 Å². The summed E-state index contributed by atoms with van der Waals surface area (Å²) in [5.41, 5.74) is 0.580. The number of hydrogen-bond acceptors (Lipinski definition) is 5. The molecule has 1 aliphatic heterocycles. The summed E-state index contributed by atoms with van der Waals surface area (Å²) in [6.07, 6.45) is 3.71. The molecule has 0 radical (unpaired) electrons. The molecule has 24 heavy (non-hydrogen) atoms. The highest BCUT2D eigenvalue weighted by Crippen LogP contribution is 2.24. The molecular weight excluding hydrogens is 308 g/mol. The Labute approximate surface area is 141 Å². The molecule has 2 heterocycles. The number of ether oxygens (including phenoxy) is 2. The number of carbonyl (C=O) groups is 1. The number of rotatable bonds is 4. The first-order valence-corrected chi connectivity index (χ1v) is 7.87. The maximum Gasteiger partial charge on any atom is 0.254 e.